The van der Waals surface area contributed by atoms with Crippen LogP contribution in [0.1, 0.15) is 34.7 Å². The lowest BCUT2D eigenvalue weighted by molar-refractivity contribution is -0.116. The number of aryl methyl sites for hydroxylation is 1. The maximum Gasteiger partial charge on any atom is 0.226 e. The summed E-state index contributed by atoms with van der Waals surface area (Å²) in [6.45, 7) is 2.43. The SMILES string of the molecule is COc1cc(C2CC(=O)Nc3n[nH]c(C)c32)ccc1OCc1ccccc1. The molecule has 27 heavy (non-hydrogen) atoms. The highest BCUT2D eigenvalue weighted by molar-refractivity contribution is 5.94. The largest absolute Gasteiger partial charge is 0.493 e. The van der Waals surface area contributed by atoms with Crippen LogP contribution in [-0.2, 0) is 11.4 Å². The highest BCUT2D eigenvalue weighted by atomic mass is 16.5. The quantitative estimate of drug-likeness (QED) is 0.723. The lowest BCUT2D eigenvalue weighted by atomic mass is 9.85. The third-order valence-electron chi connectivity index (χ3n) is 4.82. The van der Waals surface area contributed by atoms with Crippen molar-refractivity contribution in [3.8, 4) is 11.5 Å². The Morgan fingerprint density at radius 3 is 2.74 bits per heavy atom. The second-order valence-electron chi connectivity index (χ2n) is 6.60. The number of nitrogens with one attached hydrogen (secondary N) is 2. The van der Waals surface area contributed by atoms with E-state index < -0.39 is 0 Å². The summed E-state index contributed by atoms with van der Waals surface area (Å²) in [6, 6.07) is 15.8. The van der Waals surface area contributed by atoms with E-state index in [-0.39, 0.29) is 11.8 Å². The Morgan fingerprint density at radius 1 is 1.15 bits per heavy atom. The number of carbonyl (C=O) groups is 1. The Labute approximate surface area is 157 Å². The molecular formula is C21H21N3O3. The van der Waals surface area contributed by atoms with E-state index in [0.717, 1.165) is 22.4 Å². The summed E-state index contributed by atoms with van der Waals surface area (Å²) in [5.74, 6) is 1.83. The van der Waals surface area contributed by atoms with Gasteiger partial charge in [0.1, 0.15) is 6.61 Å². The minimum absolute atomic E-state index is 0.0395. The monoisotopic (exact) mass is 363 g/mol. The third-order valence-corrected chi connectivity index (χ3v) is 4.82. The Kier molecular flexibility index (Phi) is 4.54. The van der Waals surface area contributed by atoms with Crippen LogP contribution >= 0.6 is 0 Å². The normalized spacial score (nSPS) is 15.8. The molecule has 1 atom stereocenters. The number of hydrogen-bond acceptors (Lipinski definition) is 4. The second kappa shape index (κ2) is 7.15. The summed E-state index contributed by atoms with van der Waals surface area (Å²) in [5.41, 5.74) is 4.07. The van der Waals surface area contributed by atoms with E-state index in [2.05, 4.69) is 15.5 Å². The van der Waals surface area contributed by atoms with Crippen LogP contribution in [-0.4, -0.2) is 23.2 Å². The smallest absolute Gasteiger partial charge is 0.226 e. The van der Waals surface area contributed by atoms with Crippen LogP contribution in [0.2, 0.25) is 0 Å². The standard InChI is InChI=1S/C21H21N3O3/c1-13-20-16(11-19(25)22-21(20)24-23-13)15-8-9-17(18(10-15)26-2)27-12-14-6-4-3-5-7-14/h3-10,16H,11-12H2,1-2H3,(H2,22,23,24,25). The number of methoxy groups -OCH3 is 1. The molecule has 6 nitrogen and oxygen atoms in total. The van der Waals surface area contributed by atoms with Gasteiger partial charge in [-0.1, -0.05) is 36.4 Å². The molecule has 0 spiro atoms. The fourth-order valence-electron chi connectivity index (χ4n) is 3.47. The van der Waals surface area contributed by atoms with Crippen molar-refractivity contribution in [3.63, 3.8) is 0 Å². The van der Waals surface area contributed by atoms with Gasteiger partial charge in [0.05, 0.1) is 7.11 Å². The fraction of sp³-hybridized carbons (Fsp3) is 0.238. The van der Waals surface area contributed by atoms with Gasteiger partial charge in [-0.05, 0) is 30.2 Å². The van der Waals surface area contributed by atoms with E-state index in [1.807, 2.05) is 55.5 Å². The van der Waals surface area contributed by atoms with Gasteiger partial charge < -0.3 is 14.8 Å². The van der Waals surface area contributed by atoms with E-state index in [1.165, 1.54) is 0 Å². The first-order valence-corrected chi connectivity index (χ1v) is 8.85. The summed E-state index contributed by atoms with van der Waals surface area (Å²) in [6.07, 6.45) is 0.376. The molecular weight excluding hydrogens is 342 g/mol. The number of hydrogen-bond donors (Lipinski definition) is 2. The molecule has 0 bridgehead atoms. The Bertz CT molecular complexity index is 966. The zero-order chi connectivity index (χ0) is 18.8. The Balaban J connectivity index is 1.62. The number of fused-ring (bicyclic) bond motifs is 1. The molecule has 1 aliphatic rings. The molecule has 0 aliphatic carbocycles. The first kappa shape index (κ1) is 17.1. The molecule has 138 valence electrons. The minimum atomic E-state index is -0.0652. The predicted octanol–water partition coefficient (Wildman–Crippen LogP) is 3.78. The molecule has 0 radical (unpaired) electrons. The van der Waals surface area contributed by atoms with Crippen molar-refractivity contribution in [2.75, 3.05) is 12.4 Å². The van der Waals surface area contributed by atoms with Crippen LogP contribution < -0.4 is 14.8 Å². The molecule has 0 saturated heterocycles. The van der Waals surface area contributed by atoms with Crippen molar-refractivity contribution in [1.82, 2.24) is 10.2 Å². The third kappa shape index (κ3) is 3.38. The van der Waals surface area contributed by atoms with Gasteiger partial charge in [0.15, 0.2) is 17.3 Å². The number of benzene rings is 2. The highest BCUT2D eigenvalue weighted by Crippen LogP contribution is 2.40. The average Bonchev–Trinajstić information content (AvgIpc) is 3.07. The molecule has 1 unspecified atom stereocenters. The van der Waals surface area contributed by atoms with Crippen molar-refractivity contribution in [2.45, 2.75) is 25.9 Å². The topological polar surface area (TPSA) is 76.2 Å². The molecule has 2 N–H and O–H groups in total. The molecule has 2 aromatic carbocycles. The molecule has 3 aromatic rings. The van der Waals surface area contributed by atoms with Crippen LogP contribution in [0.3, 0.4) is 0 Å². The van der Waals surface area contributed by atoms with Gasteiger partial charge >= 0.3 is 0 Å². The maximum absolute atomic E-state index is 12.1. The molecule has 2 heterocycles. The predicted molar refractivity (Wildman–Crippen MR) is 102 cm³/mol. The molecule has 1 aromatic heterocycles. The van der Waals surface area contributed by atoms with Crippen molar-refractivity contribution < 1.29 is 14.3 Å². The first-order chi connectivity index (χ1) is 13.2. The van der Waals surface area contributed by atoms with Gasteiger partial charge in [0, 0.05) is 23.6 Å². The number of ether oxygens (including phenoxy) is 2. The van der Waals surface area contributed by atoms with Crippen LogP contribution in [0.4, 0.5) is 5.82 Å². The van der Waals surface area contributed by atoms with E-state index in [1.54, 1.807) is 7.11 Å². The molecule has 1 aliphatic heterocycles. The lowest BCUT2D eigenvalue weighted by Gasteiger charge is -2.23. The van der Waals surface area contributed by atoms with E-state index in [0.29, 0.717) is 30.3 Å². The summed E-state index contributed by atoms with van der Waals surface area (Å²) >= 11 is 0. The van der Waals surface area contributed by atoms with Gasteiger partial charge in [-0.15, -0.1) is 0 Å². The Morgan fingerprint density at radius 2 is 1.96 bits per heavy atom. The van der Waals surface area contributed by atoms with E-state index in [4.69, 9.17) is 9.47 Å². The molecule has 0 saturated carbocycles. The first-order valence-electron chi connectivity index (χ1n) is 8.85. The van der Waals surface area contributed by atoms with Crippen molar-refractivity contribution in [1.29, 1.82) is 0 Å². The fourth-order valence-corrected chi connectivity index (χ4v) is 3.47. The number of nitrogens with zero attached hydrogens (tertiary/aromatic N) is 1. The Hall–Kier alpha value is -3.28. The number of carbonyl (C=O) groups excluding carboxylic acids is 1. The second-order valence-corrected chi connectivity index (χ2v) is 6.60. The van der Waals surface area contributed by atoms with Crippen LogP contribution in [0, 0.1) is 6.92 Å². The number of H-pyrrole nitrogens is 1. The van der Waals surface area contributed by atoms with Crippen LogP contribution in [0.25, 0.3) is 0 Å². The van der Waals surface area contributed by atoms with Crippen LogP contribution in [0.5, 0.6) is 11.5 Å². The molecule has 4 rings (SSSR count). The number of anilines is 1. The van der Waals surface area contributed by atoms with Gasteiger partial charge in [-0.2, -0.15) is 5.10 Å². The lowest BCUT2D eigenvalue weighted by Crippen LogP contribution is -2.23. The summed E-state index contributed by atoms with van der Waals surface area (Å²) in [7, 11) is 1.62. The van der Waals surface area contributed by atoms with Crippen molar-refractivity contribution in [3.05, 3.63) is 70.9 Å². The van der Waals surface area contributed by atoms with Gasteiger partial charge in [0.2, 0.25) is 5.91 Å². The number of aromatic amines is 1. The number of rotatable bonds is 5. The zero-order valence-corrected chi connectivity index (χ0v) is 15.3. The van der Waals surface area contributed by atoms with Gasteiger partial charge in [0.25, 0.3) is 0 Å². The van der Waals surface area contributed by atoms with Crippen molar-refractivity contribution in [2.24, 2.45) is 0 Å². The van der Waals surface area contributed by atoms with E-state index in [9.17, 15) is 4.79 Å². The molecule has 0 fully saturated rings. The summed E-state index contributed by atoms with van der Waals surface area (Å²) < 4.78 is 11.5. The number of amides is 1. The maximum atomic E-state index is 12.1. The summed E-state index contributed by atoms with van der Waals surface area (Å²) in [4.78, 5) is 12.1. The van der Waals surface area contributed by atoms with Crippen LogP contribution in [0.15, 0.2) is 48.5 Å². The molecule has 1 amide bonds. The van der Waals surface area contributed by atoms with E-state index >= 15 is 0 Å². The van der Waals surface area contributed by atoms with Crippen molar-refractivity contribution >= 4 is 11.7 Å². The number of aromatic nitrogens is 2. The highest BCUT2D eigenvalue weighted by Gasteiger charge is 2.30. The van der Waals surface area contributed by atoms with Gasteiger partial charge in [-0.25, -0.2) is 0 Å². The zero-order valence-electron chi connectivity index (χ0n) is 15.3. The summed E-state index contributed by atoms with van der Waals surface area (Å²) in [5, 5.41) is 9.97. The molecule has 6 heteroatoms. The van der Waals surface area contributed by atoms with Gasteiger partial charge in [-0.3, -0.25) is 9.89 Å². The average molecular weight is 363 g/mol. The minimum Gasteiger partial charge on any atom is -0.493 e.